The molecule has 0 atom stereocenters. The Morgan fingerprint density at radius 2 is 1.00 bits per heavy atom. The van der Waals surface area contributed by atoms with Crippen molar-refractivity contribution in [2.45, 2.75) is 96.8 Å². The molecule has 19 heavy (non-hydrogen) atoms. The molecule has 0 radical (unpaired) electrons. The Hall–Kier alpha value is 0.951. The molecule has 0 spiro atoms. The second kappa shape index (κ2) is 19.0. The second-order valence-corrected chi connectivity index (χ2v) is 5.39. The van der Waals surface area contributed by atoms with E-state index >= 15 is 0 Å². The zero-order valence-corrected chi connectivity index (χ0v) is 12.3. The molecule has 0 amide bonds. The molecule has 0 aromatic heterocycles. The zero-order valence-electron chi connectivity index (χ0n) is 12.3. The minimum absolute atomic E-state index is 0. The molecule has 112 valence electrons. The molecule has 0 aliphatic heterocycles. The van der Waals surface area contributed by atoms with E-state index < -0.39 is 5.97 Å². The molecule has 0 aliphatic carbocycles. The van der Waals surface area contributed by atoms with Crippen LogP contribution >= 0.6 is 0 Å². The topological polar surface area (TPSA) is 37.3 Å². The van der Waals surface area contributed by atoms with Gasteiger partial charge in [0, 0.05) is 6.42 Å². The van der Waals surface area contributed by atoms with E-state index in [9.17, 15) is 4.79 Å². The van der Waals surface area contributed by atoms with Crippen LogP contribution in [0.25, 0.3) is 0 Å². The first kappa shape index (κ1) is 22.2. The molecule has 0 rings (SSSR count). The quantitative estimate of drug-likeness (QED) is 0.368. The molecule has 2 nitrogen and oxygen atoms in total. The number of carboxylic acid groups (broad SMARTS) is 1. The third kappa shape index (κ3) is 21.4. The van der Waals surface area contributed by atoms with Crippen molar-refractivity contribution in [3.63, 3.8) is 0 Å². The molecule has 3 heteroatoms. The molecule has 0 saturated heterocycles. The van der Waals surface area contributed by atoms with E-state index in [0.717, 1.165) is 12.8 Å². The van der Waals surface area contributed by atoms with Crippen molar-refractivity contribution < 1.29 is 9.90 Å². The van der Waals surface area contributed by atoms with E-state index in [1.165, 1.54) is 70.6 Å². The first-order valence-corrected chi connectivity index (χ1v) is 7.99. The third-order valence-corrected chi connectivity index (χ3v) is 3.49. The van der Waals surface area contributed by atoms with E-state index in [1.807, 2.05) is 0 Å². The number of hydrogen-bond acceptors (Lipinski definition) is 1. The summed E-state index contributed by atoms with van der Waals surface area (Å²) in [4.78, 5) is 10.3. The fraction of sp³-hybridized carbons (Fsp3) is 0.938. The number of carbonyl (C=O) groups is 1. The van der Waals surface area contributed by atoms with Crippen LogP contribution in [0.1, 0.15) is 96.8 Å². The maximum absolute atomic E-state index is 10.3. The molecular formula is C16H34O2Sr. The molecule has 1 N–H and O–H groups in total. The summed E-state index contributed by atoms with van der Waals surface area (Å²) >= 11 is 0. The van der Waals surface area contributed by atoms with Crippen molar-refractivity contribution in [3.05, 3.63) is 0 Å². The molecule has 0 aromatic carbocycles. The van der Waals surface area contributed by atoms with Crippen molar-refractivity contribution in [3.8, 4) is 0 Å². The molecule has 0 fully saturated rings. The van der Waals surface area contributed by atoms with Crippen LogP contribution in [0.3, 0.4) is 0 Å². The van der Waals surface area contributed by atoms with Crippen LogP contribution in [-0.4, -0.2) is 56.6 Å². The van der Waals surface area contributed by atoms with Crippen LogP contribution < -0.4 is 0 Å². The van der Waals surface area contributed by atoms with Crippen molar-refractivity contribution in [1.29, 1.82) is 0 Å². The van der Waals surface area contributed by atoms with Crippen LogP contribution in [-0.2, 0) is 4.79 Å². The van der Waals surface area contributed by atoms with Gasteiger partial charge in [0.1, 0.15) is 0 Å². The van der Waals surface area contributed by atoms with Gasteiger partial charge in [0.15, 0.2) is 0 Å². The predicted molar refractivity (Wildman–Crippen MR) is 86.5 cm³/mol. The summed E-state index contributed by atoms with van der Waals surface area (Å²) < 4.78 is 0. The average Bonchev–Trinajstić information content (AvgIpc) is 2.34. The van der Waals surface area contributed by atoms with Crippen LogP contribution in [0.5, 0.6) is 0 Å². The first-order chi connectivity index (χ1) is 8.77. The molecule has 0 unspecified atom stereocenters. The average molecular weight is 346 g/mol. The van der Waals surface area contributed by atoms with E-state index in [0.29, 0.717) is 6.42 Å². The van der Waals surface area contributed by atoms with Crippen molar-refractivity contribution >= 4 is 51.5 Å². The summed E-state index contributed by atoms with van der Waals surface area (Å²) in [6.45, 7) is 2.26. The minimum atomic E-state index is -0.655. The SMILES string of the molecule is CCCCCCCCCCCCCCCC(=O)O.[SrH2]. The molecule has 0 aliphatic rings. The molecular weight excluding hydrogens is 312 g/mol. The molecule has 0 bridgehead atoms. The monoisotopic (exact) mass is 346 g/mol. The summed E-state index contributed by atoms with van der Waals surface area (Å²) in [6.07, 6.45) is 17.3. The fourth-order valence-corrected chi connectivity index (χ4v) is 2.29. The summed E-state index contributed by atoms with van der Waals surface area (Å²) in [5, 5.41) is 8.49. The van der Waals surface area contributed by atoms with Gasteiger partial charge in [-0.05, 0) is 6.42 Å². The van der Waals surface area contributed by atoms with E-state index in [2.05, 4.69) is 6.92 Å². The van der Waals surface area contributed by atoms with Gasteiger partial charge in [-0.2, -0.15) is 0 Å². The number of aliphatic carboxylic acids is 1. The Morgan fingerprint density at radius 3 is 1.32 bits per heavy atom. The van der Waals surface area contributed by atoms with Gasteiger partial charge in [0.05, 0.1) is 0 Å². The van der Waals surface area contributed by atoms with Crippen molar-refractivity contribution in [2.24, 2.45) is 0 Å². The van der Waals surface area contributed by atoms with Crippen LogP contribution in [0.15, 0.2) is 0 Å². The summed E-state index contributed by atoms with van der Waals surface area (Å²) in [5.74, 6) is -0.655. The Bertz CT molecular complexity index is 184. The molecule has 0 heterocycles. The maximum atomic E-state index is 10.3. The van der Waals surface area contributed by atoms with Gasteiger partial charge >= 0.3 is 51.5 Å². The van der Waals surface area contributed by atoms with Crippen molar-refractivity contribution in [1.82, 2.24) is 0 Å². The van der Waals surface area contributed by atoms with Gasteiger partial charge in [-0.15, -0.1) is 0 Å². The van der Waals surface area contributed by atoms with Crippen LogP contribution in [0, 0.1) is 0 Å². The number of unbranched alkanes of at least 4 members (excludes halogenated alkanes) is 12. The predicted octanol–water partition coefficient (Wildman–Crippen LogP) is 4.64. The number of hydrogen-bond donors (Lipinski definition) is 1. The Labute approximate surface area is 157 Å². The van der Waals surface area contributed by atoms with E-state index in [-0.39, 0.29) is 45.5 Å². The number of rotatable bonds is 14. The van der Waals surface area contributed by atoms with Gasteiger partial charge in [0.2, 0.25) is 0 Å². The van der Waals surface area contributed by atoms with E-state index in [1.54, 1.807) is 0 Å². The van der Waals surface area contributed by atoms with Crippen LogP contribution in [0.4, 0.5) is 0 Å². The Morgan fingerprint density at radius 1 is 0.684 bits per heavy atom. The van der Waals surface area contributed by atoms with Gasteiger partial charge in [-0.1, -0.05) is 84.0 Å². The van der Waals surface area contributed by atoms with Crippen molar-refractivity contribution in [2.75, 3.05) is 0 Å². The van der Waals surface area contributed by atoms with Gasteiger partial charge < -0.3 is 5.11 Å². The third-order valence-electron chi connectivity index (χ3n) is 3.49. The normalized spacial score (nSPS) is 10.2. The van der Waals surface area contributed by atoms with Crippen LogP contribution in [0.2, 0.25) is 0 Å². The standard InChI is InChI=1S/C16H32O2.Sr.2H/c1-2-3-4-5-6-7-8-9-10-11-12-13-14-15-16(17)18;;;/h2-15H2,1H3,(H,17,18);;;. The summed E-state index contributed by atoms with van der Waals surface area (Å²) in [5.41, 5.74) is 0. The zero-order chi connectivity index (χ0) is 13.5. The van der Waals surface area contributed by atoms with Gasteiger partial charge in [-0.3, -0.25) is 4.79 Å². The second-order valence-electron chi connectivity index (χ2n) is 5.39. The van der Waals surface area contributed by atoms with Gasteiger partial charge in [0.25, 0.3) is 0 Å². The molecule has 0 aromatic rings. The van der Waals surface area contributed by atoms with E-state index in [4.69, 9.17) is 5.11 Å². The summed E-state index contributed by atoms with van der Waals surface area (Å²) in [7, 11) is 0. The fourth-order valence-electron chi connectivity index (χ4n) is 2.29. The molecule has 0 saturated carbocycles. The number of carboxylic acids is 1. The van der Waals surface area contributed by atoms with Gasteiger partial charge in [-0.25, -0.2) is 0 Å². The Balaban J connectivity index is 0. The summed E-state index contributed by atoms with van der Waals surface area (Å²) in [6, 6.07) is 0. The first-order valence-electron chi connectivity index (χ1n) is 7.99. The Kier molecular flexibility index (Phi) is 22.2.